The summed E-state index contributed by atoms with van der Waals surface area (Å²) in [5.41, 5.74) is 4.65. The highest BCUT2D eigenvalue weighted by Crippen LogP contribution is 2.44. The van der Waals surface area contributed by atoms with Crippen LogP contribution in [0.4, 0.5) is 4.79 Å². The lowest BCUT2D eigenvalue weighted by molar-refractivity contribution is -0.143. The van der Waals surface area contributed by atoms with E-state index in [1.165, 1.54) is 11.1 Å². The monoisotopic (exact) mass is 479 g/mol. The molecule has 1 fully saturated rings. The second kappa shape index (κ2) is 10.9. The zero-order chi connectivity index (χ0) is 24.9. The van der Waals surface area contributed by atoms with Crippen LogP contribution in [0.25, 0.3) is 11.1 Å². The number of carbonyl (C=O) groups is 3. The fourth-order valence-corrected chi connectivity index (χ4v) is 5.32. The molecule has 3 atom stereocenters. The molecule has 8 heteroatoms. The number of ether oxygens (including phenoxy) is 1. The molecule has 35 heavy (non-hydrogen) atoms. The summed E-state index contributed by atoms with van der Waals surface area (Å²) in [6, 6.07) is 15.4. The van der Waals surface area contributed by atoms with E-state index in [-0.39, 0.29) is 36.8 Å². The minimum absolute atomic E-state index is 0.0113. The summed E-state index contributed by atoms with van der Waals surface area (Å²) in [6.07, 6.45) is 1.83. The van der Waals surface area contributed by atoms with Gasteiger partial charge in [0, 0.05) is 24.9 Å². The molecule has 4 rings (SSSR count). The van der Waals surface area contributed by atoms with Crippen molar-refractivity contribution in [3.8, 4) is 11.1 Å². The molecule has 1 saturated carbocycles. The summed E-state index contributed by atoms with van der Waals surface area (Å²) in [5, 5.41) is 14.9. The van der Waals surface area contributed by atoms with Crippen LogP contribution in [0.5, 0.6) is 0 Å². The van der Waals surface area contributed by atoms with Gasteiger partial charge in [-0.15, -0.1) is 0 Å². The molecule has 0 saturated heterocycles. The number of likely N-dealkylation sites (N-methyl/N-ethyl adjacent to an activating group) is 1. The lowest BCUT2D eigenvalue weighted by Crippen LogP contribution is -2.49. The number of hydrogen-bond donors (Lipinski definition) is 3. The van der Waals surface area contributed by atoms with Gasteiger partial charge in [-0.3, -0.25) is 4.79 Å². The average Bonchev–Trinajstić information content (AvgIpc) is 3.43. The largest absolute Gasteiger partial charge is 0.480 e. The molecule has 186 valence electrons. The molecule has 0 heterocycles. The van der Waals surface area contributed by atoms with Crippen LogP contribution < -0.4 is 10.6 Å². The van der Waals surface area contributed by atoms with Gasteiger partial charge in [0.1, 0.15) is 12.6 Å². The minimum Gasteiger partial charge on any atom is -0.480 e. The number of rotatable bonds is 9. The van der Waals surface area contributed by atoms with Crippen molar-refractivity contribution in [2.45, 2.75) is 31.2 Å². The molecule has 8 nitrogen and oxygen atoms in total. The lowest BCUT2D eigenvalue weighted by atomic mass is 9.94. The van der Waals surface area contributed by atoms with Crippen LogP contribution in [-0.2, 0) is 14.3 Å². The SMILES string of the molecule is CN(C)C[C@H](NC(=O)[C@@H]1CCC[C@@H]1CNC(=O)OCC1c2ccccc2-c2ccccc21)C(=O)O. The lowest BCUT2D eigenvalue weighted by Gasteiger charge is -2.24. The van der Waals surface area contributed by atoms with Crippen LogP contribution in [0, 0.1) is 11.8 Å². The fraction of sp³-hybridized carbons (Fsp3) is 0.444. The first kappa shape index (κ1) is 24.7. The Kier molecular flexibility index (Phi) is 7.70. The van der Waals surface area contributed by atoms with E-state index in [0.29, 0.717) is 13.0 Å². The van der Waals surface area contributed by atoms with E-state index in [2.05, 4.69) is 34.9 Å². The van der Waals surface area contributed by atoms with Crippen molar-refractivity contribution in [1.82, 2.24) is 15.5 Å². The molecule has 0 bridgehead atoms. The van der Waals surface area contributed by atoms with E-state index in [4.69, 9.17) is 4.74 Å². The van der Waals surface area contributed by atoms with Crippen LogP contribution in [-0.4, -0.2) is 67.8 Å². The first-order valence-electron chi connectivity index (χ1n) is 12.1. The third-order valence-corrected chi connectivity index (χ3v) is 7.01. The number of carbonyl (C=O) groups excluding carboxylic acids is 2. The number of carboxylic acids is 1. The number of nitrogens with one attached hydrogen (secondary N) is 2. The van der Waals surface area contributed by atoms with Crippen molar-refractivity contribution in [3.05, 3.63) is 59.7 Å². The van der Waals surface area contributed by atoms with E-state index < -0.39 is 18.1 Å². The number of hydrogen-bond acceptors (Lipinski definition) is 5. The van der Waals surface area contributed by atoms with E-state index >= 15 is 0 Å². The molecule has 0 unspecified atom stereocenters. The number of nitrogens with zero attached hydrogens (tertiary/aromatic N) is 1. The number of carboxylic acid groups (broad SMARTS) is 1. The summed E-state index contributed by atoms with van der Waals surface area (Å²) in [7, 11) is 3.53. The molecule has 3 N–H and O–H groups in total. The van der Waals surface area contributed by atoms with Gasteiger partial charge in [-0.1, -0.05) is 55.0 Å². The third kappa shape index (κ3) is 5.65. The summed E-state index contributed by atoms with van der Waals surface area (Å²) in [5.74, 6) is -1.71. The predicted molar refractivity (Wildman–Crippen MR) is 132 cm³/mol. The van der Waals surface area contributed by atoms with Gasteiger partial charge < -0.3 is 25.4 Å². The summed E-state index contributed by atoms with van der Waals surface area (Å²) in [6.45, 7) is 0.774. The highest BCUT2D eigenvalue weighted by molar-refractivity contribution is 5.85. The van der Waals surface area contributed by atoms with Crippen LogP contribution in [0.2, 0.25) is 0 Å². The zero-order valence-corrected chi connectivity index (χ0v) is 20.2. The number of aliphatic carboxylic acids is 1. The van der Waals surface area contributed by atoms with Gasteiger partial charge in [-0.05, 0) is 55.1 Å². The van der Waals surface area contributed by atoms with Gasteiger partial charge in [0.25, 0.3) is 0 Å². The fourth-order valence-electron chi connectivity index (χ4n) is 5.32. The quantitative estimate of drug-likeness (QED) is 0.510. The predicted octanol–water partition coefficient (Wildman–Crippen LogP) is 3.07. The van der Waals surface area contributed by atoms with E-state index in [9.17, 15) is 19.5 Å². The molecular formula is C27H33N3O5. The maximum Gasteiger partial charge on any atom is 0.407 e. The maximum atomic E-state index is 12.8. The van der Waals surface area contributed by atoms with Crippen LogP contribution in [0.3, 0.4) is 0 Å². The normalized spacial score (nSPS) is 19.6. The Balaban J connectivity index is 1.30. The standard InChI is InChI=1S/C27H33N3O5/c1-30(2)15-24(26(32)33)29-25(31)18-13-7-8-17(18)14-28-27(34)35-16-23-21-11-5-3-9-19(21)20-10-4-6-12-22(20)23/h3-6,9-12,17-18,23-24H,7-8,13-16H2,1-2H3,(H,28,34)(H,29,31)(H,32,33)/t17-,18-,24+/m1/s1. The summed E-state index contributed by atoms with van der Waals surface area (Å²) in [4.78, 5) is 38.5. The first-order chi connectivity index (χ1) is 16.8. The molecule has 2 aromatic carbocycles. The van der Waals surface area contributed by atoms with Gasteiger partial charge in [-0.2, -0.15) is 0 Å². The zero-order valence-electron chi connectivity index (χ0n) is 20.2. The first-order valence-corrected chi connectivity index (χ1v) is 12.1. The van der Waals surface area contributed by atoms with Crippen molar-refractivity contribution in [2.75, 3.05) is 33.8 Å². The number of fused-ring (bicyclic) bond motifs is 3. The van der Waals surface area contributed by atoms with Crippen molar-refractivity contribution in [3.63, 3.8) is 0 Å². The highest BCUT2D eigenvalue weighted by Gasteiger charge is 2.35. The average molecular weight is 480 g/mol. The Morgan fingerprint density at radius 1 is 1.03 bits per heavy atom. The third-order valence-electron chi connectivity index (χ3n) is 7.01. The Morgan fingerprint density at radius 3 is 2.26 bits per heavy atom. The van der Waals surface area contributed by atoms with Crippen LogP contribution in [0.1, 0.15) is 36.3 Å². The van der Waals surface area contributed by atoms with E-state index in [1.54, 1.807) is 19.0 Å². The Morgan fingerprint density at radius 2 is 1.66 bits per heavy atom. The van der Waals surface area contributed by atoms with Crippen LogP contribution in [0.15, 0.2) is 48.5 Å². The second-order valence-electron chi connectivity index (χ2n) is 9.67. The molecular weight excluding hydrogens is 446 g/mol. The van der Waals surface area contributed by atoms with Crippen molar-refractivity contribution >= 4 is 18.0 Å². The van der Waals surface area contributed by atoms with Gasteiger partial charge in [0.05, 0.1) is 0 Å². The molecule has 0 aliphatic heterocycles. The topological polar surface area (TPSA) is 108 Å². The van der Waals surface area contributed by atoms with E-state index in [0.717, 1.165) is 24.0 Å². The van der Waals surface area contributed by atoms with Crippen molar-refractivity contribution in [2.24, 2.45) is 11.8 Å². The van der Waals surface area contributed by atoms with Crippen LogP contribution >= 0.6 is 0 Å². The number of benzene rings is 2. The maximum absolute atomic E-state index is 12.8. The molecule has 0 radical (unpaired) electrons. The molecule has 2 aliphatic carbocycles. The minimum atomic E-state index is -1.06. The Hall–Kier alpha value is -3.39. The van der Waals surface area contributed by atoms with Crippen molar-refractivity contribution in [1.29, 1.82) is 0 Å². The second-order valence-corrected chi connectivity index (χ2v) is 9.67. The van der Waals surface area contributed by atoms with Gasteiger partial charge in [0.2, 0.25) is 5.91 Å². The van der Waals surface area contributed by atoms with Crippen molar-refractivity contribution < 1.29 is 24.2 Å². The molecule has 0 spiro atoms. The number of alkyl carbamates (subject to hydrolysis) is 1. The number of amides is 2. The molecule has 2 aromatic rings. The summed E-state index contributed by atoms with van der Waals surface area (Å²) < 4.78 is 5.60. The Bertz CT molecular complexity index is 1040. The summed E-state index contributed by atoms with van der Waals surface area (Å²) >= 11 is 0. The molecule has 2 aliphatic rings. The van der Waals surface area contributed by atoms with E-state index in [1.807, 2.05) is 24.3 Å². The Labute approximate surface area is 205 Å². The smallest absolute Gasteiger partial charge is 0.407 e. The molecule has 2 amide bonds. The highest BCUT2D eigenvalue weighted by atomic mass is 16.5. The molecule has 0 aromatic heterocycles. The van der Waals surface area contributed by atoms with Gasteiger partial charge >= 0.3 is 12.1 Å². The van der Waals surface area contributed by atoms with Gasteiger partial charge in [-0.25, -0.2) is 9.59 Å². The van der Waals surface area contributed by atoms with Gasteiger partial charge in [0.15, 0.2) is 0 Å².